The number of hydrogen-bond acceptors (Lipinski definition) is 12. The third-order valence-electron chi connectivity index (χ3n) is 15.3. The van der Waals surface area contributed by atoms with Crippen molar-refractivity contribution in [1.29, 1.82) is 0 Å². The Morgan fingerprint density at radius 2 is 1.45 bits per heavy atom. The number of carboxylic acids is 1. The molecular weight excluding hydrogens is 688 g/mol. The minimum Gasteiger partial charge on any atom is -0.481 e. The molecule has 0 aromatic heterocycles. The molecule has 53 heavy (non-hydrogen) atoms. The van der Waals surface area contributed by atoms with Crippen molar-refractivity contribution in [2.24, 2.45) is 52.3 Å². The summed E-state index contributed by atoms with van der Waals surface area (Å²) in [6, 6.07) is 0. The SMILES string of the molecule is C=C(CC[C@@H](C)[C@H]1CC[C@H]2[C@@H]3CCC4C[C@@H](O[C@@H]5O[C@H](CO)[C@H](O)[C@H](O)[C@H]5O[C@H]5O[C@@H](CO)[C@H](O)[C@@H](O)[C@@H]5O)CC[C@]4(C)[C@H]3CC[C@]12C(=O)O)C(C)C. The Morgan fingerprint density at radius 1 is 0.792 bits per heavy atom. The number of aliphatic carboxylic acids is 1. The van der Waals surface area contributed by atoms with Gasteiger partial charge < -0.3 is 59.8 Å². The lowest BCUT2D eigenvalue weighted by atomic mass is 9.44. The number of allylic oxidation sites excluding steroid dienone is 1. The van der Waals surface area contributed by atoms with Crippen LogP contribution in [0.2, 0.25) is 0 Å². The molecule has 0 radical (unpaired) electrons. The standard InChI is InChI=1S/C40H66O13/c1-19(2)20(3)6-7-21(4)25-10-11-27-24-9-8-22-16-23(12-14-39(22,5)26(24)13-15-40(25,27)38(48)49)50-37-35(33(46)31(44)29(18-42)52-37)53-36-34(47)32(45)30(43)28(17-41)51-36/h19,21-37,41-47H,3,6-18H2,1-2,4-5H3,(H,48,49)/t21-,22?,23+,24-,25-,26+,27+,28+,29-,30+,31+,32-,33+,34+,35-,36-,37-,39+,40+/m1/s1. The number of carboxylic acid groups (broad SMARTS) is 1. The Labute approximate surface area is 313 Å². The fraction of sp³-hybridized carbons (Fsp3) is 0.925. The van der Waals surface area contributed by atoms with Crippen LogP contribution in [0.5, 0.6) is 0 Å². The maximum Gasteiger partial charge on any atom is 0.310 e. The number of rotatable bonds is 12. The molecule has 0 aromatic rings. The predicted octanol–water partition coefficient (Wildman–Crippen LogP) is 2.35. The Kier molecular flexibility index (Phi) is 12.8. The van der Waals surface area contributed by atoms with Crippen molar-refractivity contribution in [3.8, 4) is 0 Å². The van der Waals surface area contributed by atoms with Crippen LogP contribution in [0.15, 0.2) is 12.2 Å². The number of hydrogen-bond donors (Lipinski definition) is 8. The summed E-state index contributed by atoms with van der Waals surface area (Å²) in [7, 11) is 0. The second kappa shape index (κ2) is 16.3. The highest BCUT2D eigenvalue weighted by atomic mass is 16.8. The van der Waals surface area contributed by atoms with Crippen molar-refractivity contribution < 1.29 is 64.6 Å². The maximum absolute atomic E-state index is 13.3. The minimum absolute atomic E-state index is 0.00907. The van der Waals surface area contributed by atoms with Crippen LogP contribution in [0.1, 0.15) is 98.3 Å². The van der Waals surface area contributed by atoms with Gasteiger partial charge in [-0.1, -0.05) is 39.8 Å². The van der Waals surface area contributed by atoms with Crippen molar-refractivity contribution in [3.63, 3.8) is 0 Å². The van der Waals surface area contributed by atoms with Crippen molar-refractivity contribution in [2.45, 2.75) is 166 Å². The molecule has 0 aromatic carbocycles. The van der Waals surface area contributed by atoms with Crippen molar-refractivity contribution in [3.05, 3.63) is 12.2 Å². The highest BCUT2D eigenvalue weighted by molar-refractivity contribution is 5.76. The first kappa shape index (κ1) is 41.4. The number of carbonyl (C=O) groups is 1. The quantitative estimate of drug-likeness (QED) is 0.106. The van der Waals surface area contributed by atoms with E-state index in [0.29, 0.717) is 48.9 Å². The zero-order chi connectivity index (χ0) is 38.6. The fourth-order valence-corrected chi connectivity index (χ4v) is 12.0. The molecule has 13 heteroatoms. The van der Waals surface area contributed by atoms with Gasteiger partial charge in [0.1, 0.15) is 48.8 Å². The molecule has 2 saturated heterocycles. The molecule has 19 atom stereocenters. The van der Waals surface area contributed by atoms with Gasteiger partial charge in [0, 0.05) is 0 Å². The van der Waals surface area contributed by atoms with E-state index in [0.717, 1.165) is 51.4 Å². The summed E-state index contributed by atoms with van der Waals surface area (Å²) < 4.78 is 23.9. The van der Waals surface area contributed by atoms with Gasteiger partial charge in [-0.05, 0) is 117 Å². The van der Waals surface area contributed by atoms with Gasteiger partial charge in [-0.15, -0.1) is 0 Å². The average Bonchev–Trinajstić information content (AvgIpc) is 3.55. The second-order valence-electron chi connectivity index (χ2n) is 18.1. The van der Waals surface area contributed by atoms with E-state index >= 15 is 0 Å². The molecule has 0 spiro atoms. The van der Waals surface area contributed by atoms with E-state index in [1.54, 1.807) is 0 Å². The number of ether oxygens (including phenoxy) is 4. The van der Waals surface area contributed by atoms with Gasteiger partial charge in [-0.3, -0.25) is 4.79 Å². The lowest BCUT2D eigenvalue weighted by Crippen LogP contribution is -2.65. The maximum atomic E-state index is 13.3. The Hall–Kier alpha value is -1.23. The van der Waals surface area contributed by atoms with Crippen molar-refractivity contribution >= 4 is 5.97 Å². The molecule has 6 aliphatic rings. The van der Waals surface area contributed by atoms with Gasteiger partial charge in [-0.2, -0.15) is 0 Å². The van der Waals surface area contributed by atoms with Gasteiger partial charge in [-0.25, -0.2) is 0 Å². The third kappa shape index (κ3) is 7.40. The molecule has 1 unspecified atom stereocenters. The van der Waals surface area contributed by atoms with E-state index in [-0.39, 0.29) is 23.4 Å². The third-order valence-corrected chi connectivity index (χ3v) is 15.3. The van der Waals surface area contributed by atoms with E-state index in [1.165, 1.54) is 5.57 Å². The van der Waals surface area contributed by atoms with Gasteiger partial charge in [0.2, 0.25) is 0 Å². The van der Waals surface area contributed by atoms with Crippen LogP contribution >= 0.6 is 0 Å². The topological polar surface area (TPSA) is 216 Å². The van der Waals surface area contributed by atoms with Gasteiger partial charge in [0.25, 0.3) is 0 Å². The zero-order valence-corrected chi connectivity index (χ0v) is 31.9. The van der Waals surface area contributed by atoms with Crippen LogP contribution in [-0.2, 0) is 23.7 Å². The van der Waals surface area contributed by atoms with Crippen LogP contribution < -0.4 is 0 Å². The van der Waals surface area contributed by atoms with Crippen LogP contribution in [0.4, 0.5) is 0 Å². The second-order valence-corrected chi connectivity index (χ2v) is 18.1. The fourth-order valence-electron chi connectivity index (χ4n) is 12.0. The summed E-state index contributed by atoms with van der Waals surface area (Å²) in [6.45, 7) is 12.0. The first-order valence-corrected chi connectivity index (χ1v) is 20.2. The predicted molar refractivity (Wildman–Crippen MR) is 191 cm³/mol. The van der Waals surface area contributed by atoms with Gasteiger partial charge in [0.05, 0.1) is 24.7 Å². The Morgan fingerprint density at radius 3 is 2.09 bits per heavy atom. The van der Waals surface area contributed by atoms with Crippen molar-refractivity contribution in [2.75, 3.05) is 13.2 Å². The van der Waals surface area contributed by atoms with Gasteiger partial charge >= 0.3 is 5.97 Å². The van der Waals surface area contributed by atoms with E-state index in [1.807, 2.05) is 0 Å². The summed E-state index contributed by atoms with van der Waals surface area (Å²) in [5, 5.41) is 83.5. The first-order valence-electron chi connectivity index (χ1n) is 20.2. The summed E-state index contributed by atoms with van der Waals surface area (Å²) in [6.07, 6.45) is -5.55. The summed E-state index contributed by atoms with van der Waals surface area (Å²) in [5.74, 6) is 1.58. The smallest absolute Gasteiger partial charge is 0.310 e. The zero-order valence-electron chi connectivity index (χ0n) is 31.9. The Bertz CT molecular complexity index is 1280. The van der Waals surface area contributed by atoms with Crippen molar-refractivity contribution in [1.82, 2.24) is 0 Å². The molecule has 0 bridgehead atoms. The minimum atomic E-state index is -1.74. The number of fused-ring (bicyclic) bond motifs is 5. The van der Waals surface area contributed by atoms with E-state index < -0.39 is 86.0 Å². The molecule has 2 aliphatic heterocycles. The van der Waals surface area contributed by atoms with Crippen LogP contribution in [-0.4, -0.2) is 128 Å². The molecule has 2 heterocycles. The van der Waals surface area contributed by atoms with Crippen LogP contribution in [0.3, 0.4) is 0 Å². The van der Waals surface area contributed by atoms with E-state index in [4.69, 9.17) is 18.9 Å². The molecule has 6 rings (SSSR count). The highest BCUT2D eigenvalue weighted by Crippen LogP contribution is 2.69. The van der Waals surface area contributed by atoms with E-state index in [9.17, 15) is 45.6 Å². The highest BCUT2D eigenvalue weighted by Gasteiger charge is 2.65. The van der Waals surface area contributed by atoms with E-state index in [2.05, 4.69) is 34.3 Å². The molecule has 8 N–H and O–H groups in total. The summed E-state index contributed by atoms with van der Waals surface area (Å²) >= 11 is 0. The first-order chi connectivity index (χ1) is 25.1. The largest absolute Gasteiger partial charge is 0.481 e. The van der Waals surface area contributed by atoms with Gasteiger partial charge in [0.15, 0.2) is 12.6 Å². The molecule has 4 aliphatic carbocycles. The summed E-state index contributed by atoms with van der Waals surface area (Å²) in [5.41, 5.74) is 0.570. The Balaban J connectivity index is 1.14. The van der Waals surface area contributed by atoms with Crippen LogP contribution in [0, 0.1) is 52.3 Å². The average molecular weight is 755 g/mol. The molecular formula is C40H66O13. The molecule has 6 fully saturated rings. The molecule has 13 nitrogen and oxygen atoms in total. The number of aliphatic hydroxyl groups is 7. The normalized spacial score (nSPS) is 49.1. The lowest BCUT2D eigenvalue weighted by Gasteiger charge is -2.61. The lowest BCUT2D eigenvalue weighted by molar-refractivity contribution is -0.373. The monoisotopic (exact) mass is 754 g/mol. The summed E-state index contributed by atoms with van der Waals surface area (Å²) in [4.78, 5) is 13.3. The molecule has 4 saturated carbocycles. The molecule has 304 valence electrons. The number of aliphatic hydroxyl groups excluding tert-OH is 7. The molecule has 0 amide bonds. The van der Waals surface area contributed by atoms with Crippen LogP contribution in [0.25, 0.3) is 0 Å².